The highest BCUT2D eigenvalue weighted by atomic mass is 32.2. The van der Waals surface area contributed by atoms with Crippen molar-refractivity contribution in [3.63, 3.8) is 0 Å². The molecule has 0 aromatic heterocycles. The van der Waals surface area contributed by atoms with Crippen molar-refractivity contribution in [3.05, 3.63) is 29.8 Å². The van der Waals surface area contributed by atoms with E-state index in [-0.39, 0.29) is 17.4 Å². The lowest BCUT2D eigenvalue weighted by Crippen LogP contribution is -2.47. The molecule has 0 aliphatic carbocycles. The Hall–Kier alpha value is -1.53. The van der Waals surface area contributed by atoms with Crippen LogP contribution in [0.2, 0.25) is 0 Å². The fraction of sp³-hybridized carbons (Fsp3) is 0.652. The van der Waals surface area contributed by atoms with Crippen LogP contribution >= 0.6 is 11.8 Å². The first kappa shape index (κ1) is 22.2. The Morgan fingerprint density at radius 2 is 2.10 bits per heavy atom. The van der Waals surface area contributed by atoms with Gasteiger partial charge in [-0.1, -0.05) is 12.1 Å². The second kappa shape index (κ2) is 10.5. The number of carbonyl (C=O) groups excluding carboxylic acids is 2. The summed E-state index contributed by atoms with van der Waals surface area (Å²) in [4.78, 5) is 28.4. The lowest BCUT2D eigenvalue weighted by molar-refractivity contribution is -0.136. The number of nitrogens with zero attached hydrogens (tertiary/aromatic N) is 1. The van der Waals surface area contributed by atoms with Gasteiger partial charge < -0.3 is 15.0 Å². The van der Waals surface area contributed by atoms with Crippen molar-refractivity contribution < 1.29 is 14.3 Å². The van der Waals surface area contributed by atoms with Crippen molar-refractivity contribution >= 4 is 23.6 Å². The molecule has 29 heavy (non-hydrogen) atoms. The predicted octanol–water partition coefficient (Wildman–Crippen LogP) is 3.80. The van der Waals surface area contributed by atoms with Crippen LogP contribution in [0.25, 0.3) is 0 Å². The van der Waals surface area contributed by atoms with Crippen LogP contribution < -0.4 is 5.32 Å². The average Bonchev–Trinajstić information content (AvgIpc) is 3.12. The van der Waals surface area contributed by atoms with Crippen molar-refractivity contribution in [2.45, 2.75) is 74.3 Å². The molecule has 2 amide bonds. The predicted molar refractivity (Wildman–Crippen MR) is 117 cm³/mol. The lowest BCUT2D eigenvalue weighted by Gasteiger charge is -2.37. The number of ether oxygens (including phenoxy) is 1. The Balaban J connectivity index is 1.63. The standard InChI is InChI=1S/C23H34N2O3S/c1-28-16-12-19-5-3-4-15-25(19)22(27)11-14-23(13-10-21(26)24-23)17-18-6-8-20(29-2)9-7-18/h6-9,19H,3-5,10-17H2,1-2H3,(H,24,26). The highest BCUT2D eigenvalue weighted by Crippen LogP contribution is 2.31. The Kier molecular flexibility index (Phi) is 8.01. The Morgan fingerprint density at radius 3 is 2.76 bits per heavy atom. The number of piperidine rings is 1. The monoisotopic (exact) mass is 418 g/mol. The van der Waals surface area contributed by atoms with Gasteiger partial charge in [0, 0.05) is 49.6 Å². The van der Waals surface area contributed by atoms with Crippen LogP contribution in [0.3, 0.4) is 0 Å². The van der Waals surface area contributed by atoms with E-state index in [2.05, 4.69) is 40.7 Å². The molecule has 5 nitrogen and oxygen atoms in total. The highest BCUT2D eigenvalue weighted by molar-refractivity contribution is 7.98. The van der Waals surface area contributed by atoms with Gasteiger partial charge in [0.05, 0.1) is 0 Å². The molecule has 0 radical (unpaired) electrons. The summed E-state index contributed by atoms with van der Waals surface area (Å²) in [7, 11) is 1.72. The van der Waals surface area contributed by atoms with Gasteiger partial charge >= 0.3 is 0 Å². The number of likely N-dealkylation sites (tertiary alicyclic amines) is 1. The molecule has 3 rings (SSSR count). The van der Waals surface area contributed by atoms with E-state index < -0.39 is 0 Å². The second-order valence-electron chi connectivity index (χ2n) is 8.37. The third-order valence-electron chi connectivity index (χ3n) is 6.36. The Labute approximate surface area is 178 Å². The average molecular weight is 419 g/mol. The van der Waals surface area contributed by atoms with Crippen molar-refractivity contribution in [2.75, 3.05) is 26.5 Å². The molecule has 1 aromatic carbocycles. The van der Waals surface area contributed by atoms with Gasteiger partial charge in [-0.25, -0.2) is 0 Å². The first-order chi connectivity index (χ1) is 14.0. The van der Waals surface area contributed by atoms with E-state index in [1.807, 2.05) is 0 Å². The first-order valence-electron chi connectivity index (χ1n) is 10.8. The maximum atomic E-state index is 13.1. The normalized spacial score (nSPS) is 24.6. The van der Waals surface area contributed by atoms with Crippen LogP contribution in [0.5, 0.6) is 0 Å². The minimum atomic E-state index is -0.300. The summed E-state index contributed by atoms with van der Waals surface area (Å²) < 4.78 is 5.24. The molecule has 0 saturated carbocycles. The van der Waals surface area contributed by atoms with Gasteiger partial charge in [-0.3, -0.25) is 9.59 Å². The number of benzene rings is 1. The summed E-state index contributed by atoms with van der Waals surface area (Å²) in [5.74, 6) is 0.332. The first-order valence-corrected chi connectivity index (χ1v) is 12.0. The molecule has 1 N–H and O–H groups in total. The van der Waals surface area contributed by atoms with Gasteiger partial charge in [-0.05, 0) is 68.9 Å². The molecule has 2 atom stereocenters. The zero-order valence-electron chi connectivity index (χ0n) is 17.7. The zero-order chi connectivity index (χ0) is 20.7. The fourth-order valence-electron chi connectivity index (χ4n) is 4.69. The van der Waals surface area contributed by atoms with Crippen molar-refractivity contribution in [1.29, 1.82) is 0 Å². The maximum Gasteiger partial charge on any atom is 0.222 e. The van der Waals surface area contributed by atoms with Crippen LogP contribution in [-0.4, -0.2) is 54.8 Å². The van der Waals surface area contributed by atoms with E-state index in [4.69, 9.17) is 4.74 Å². The van der Waals surface area contributed by atoms with E-state index >= 15 is 0 Å². The number of hydrogen-bond donors (Lipinski definition) is 1. The molecule has 0 bridgehead atoms. The third kappa shape index (κ3) is 5.98. The van der Waals surface area contributed by atoms with E-state index in [9.17, 15) is 9.59 Å². The van der Waals surface area contributed by atoms with Crippen molar-refractivity contribution in [1.82, 2.24) is 10.2 Å². The van der Waals surface area contributed by atoms with Gasteiger partial charge in [0.1, 0.15) is 0 Å². The molecule has 2 fully saturated rings. The number of carbonyl (C=O) groups is 2. The molecule has 2 heterocycles. The molecule has 2 unspecified atom stereocenters. The summed E-state index contributed by atoms with van der Waals surface area (Å²) >= 11 is 1.73. The van der Waals surface area contributed by atoms with E-state index in [0.717, 1.165) is 38.6 Å². The second-order valence-corrected chi connectivity index (χ2v) is 9.25. The summed E-state index contributed by atoms with van der Waals surface area (Å²) in [6, 6.07) is 8.84. The zero-order valence-corrected chi connectivity index (χ0v) is 18.6. The van der Waals surface area contributed by atoms with Crippen molar-refractivity contribution in [2.24, 2.45) is 0 Å². The van der Waals surface area contributed by atoms with Crippen LogP contribution in [0.1, 0.15) is 56.9 Å². The molecule has 160 valence electrons. The van der Waals surface area contributed by atoms with Crippen LogP contribution in [0.15, 0.2) is 29.2 Å². The van der Waals surface area contributed by atoms with Crippen LogP contribution in [-0.2, 0) is 20.7 Å². The SMILES string of the molecule is COCCC1CCCCN1C(=O)CCC1(Cc2ccc(SC)cc2)CCC(=O)N1. The number of rotatable bonds is 9. The molecule has 2 saturated heterocycles. The minimum absolute atomic E-state index is 0.106. The quantitative estimate of drug-likeness (QED) is 0.620. The van der Waals surface area contributed by atoms with Gasteiger partial charge in [0.25, 0.3) is 0 Å². The highest BCUT2D eigenvalue weighted by Gasteiger charge is 2.38. The molecule has 2 aliphatic rings. The van der Waals surface area contributed by atoms with Gasteiger partial charge in [-0.15, -0.1) is 11.8 Å². The molecular weight excluding hydrogens is 384 g/mol. The molecule has 1 aromatic rings. The number of methoxy groups -OCH3 is 1. The summed E-state index contributed by atoms with van der Waals surface area (Å²) in [6.07, 6.45) is 9.65. The summed E-state index contributed by atoms with van der Waals surface area (Å²) in [6.45, 7) is 1.54. The summed E-state index contributed by atoms with van der Waals surface area (Å²) in [5, 5.41) is 3.21. The number of hydrogen-bond acceptors (Lipinski definition) is 4. The van der Waals surface area contributed by atoms with E-state index in [1.54, 1.807) is 18.9 Å². The third-order valence-corrected chi connectivity index (χ3v) is 7.10. The van der Waals surface area contributed by atoms with Gasteiger partial charge in [0.15, 0.2) is 0 Å². The smallest absolute Gasteiger partial charge is 0.222 e. The van der Waals surface area contributed by atoms with Gasteiger partial charge in [-0.2, -0.15) is 0 Å². The Bertz CT molecular complexity index is 694. The van der Waals surface area contributed by atoms with Crippen molar-refractivity contribution in [3.8, 4) is 0 Å². The fourth-order valence-corrected chi connectivity index (χ4v) is 5.10. The van der Waals surface area contributed by atoms with E-state index in [1.165, 1.54) is 16.9 Å². The minimum Gasteiger partial charge on any atom is -0.385 e. The lowest BCUT2D eigenvalue weighted by atomic mass is 9.84. The Morgan fingerprint density at radius 1 is 1.31 bits per heavy atom. The van der Waals surface area contributed by atoms with E-state index in [0.29, 0.717) is 31.9 Å². The number of amides is 2. The molecule has 0 spiro atoms. The van der Waals surface area contributed by atoms with Crippen LogP contribution in [0, 0.1) is 0 Å². The largest absolute Gasteiger partial charge is 0.385 e. The topological polar surface area (TPSA) is 58.6 Å². The molecule has 6 heteroatoms. The molecular formula is C23H34N2O3S. The summed E-state index contributed by atoms with van der Waals surface area (Å²) in [5.41, 5.74) is 0.916. The molecule has 2 aliphatic heterocycles. The maximum absolute atomic E-state index is 13.1. The number of nitrogens with one attached hydrogen (secondary N) is 1. The van der Waals surface area contributed by atoms with Crippen LogP contribution in [0.4, 0.5) is 0 Å². The van der Waals surface area contributed by atoms with Gasteiger partial charge in [0.2, 0.25) is 11.8 Å². The number of thioether (sulfide) groups is 1.